The molecule has 1 aromatic carbocycles. The molecule has 2 unspecified atom stereocenters. The van der Waals surface area contributed by atoms with Gasteiger partial charge >= 0.3 is 10.2 Å². The number of phenolic OH excluding ortho intramolecular Hbond substituents is 1. The predicted molar refractivity (Wildman–Crippen MR) is 86.3 cm³/mol. The van der Waals surface area contributed by atoms with Crippen LogP contribution >= 0.6 is 0 Å². The first-order valence-electron chi connectivity index (χ1n) is 7.87. The van der Waals surface area contributed by atoms with Crippen molar-refractivity contribution in [1.82, 2.24) is 10.0 Å². The summed E-state index contributed by atoms with van der Waals surface area (Å²) in [5.41, 5.74) is 0.116. The molecule has 3 rings (SSSR count). The van der Waals surface area contributed by atoms with Gasteiger partial charge in [-0.3, -0.25) is 4.79 Å². The number of rotatable bonds is 4. The number of hydrogen-bond acceptors (Lipinski definition) is 5. The molecule has 7 nitrogen and oxygen atoms in total. The van der Waals surface area contributed by atoms with E-state index in [0.717, 1.165) is 19.5 Å². The van der Waals surface area contributed by atoms with Crippen LogP contribution < -0.4 is 14.3 Å². The minimum absolute atomic E-state index is 0.346. The molecule has 9 heteroatoms. The smallest absolute Gasteiger partial charge is 0.326 e. The van der Waals surface area contributed by atoms with Gasteiger partial charge in [0, 0.05) is 0 Å². The second-order valence-electron chi connectivity index (χ2n) is 6.27. The number of anilines is 1. The Morgan fingerprint density at radius 3 is 2.62 bits per heavy atom. The van der Waals surface area contributed by atoms with Crippen molar-refractivity contribution in [1.29, 1.82) is 0 Å². The summed E-state index contributed by atoms with van der Waals surface area (Å²) >= 11 is 0. The van der Waals surface area contributed by atoms with E-state index in [2.05, 4.69) is 12.2 Å². The molecule has 132 valence electrons. The normalized spacial score (nSPS) is 25.9. The lowest BCUT2D eigenvalue weighted by Gasteiger charge is -2.20. The molecule has 0 aliphatic carbocycles. The third kappa shape index (κ3) is 3.05. The number of carbonyl (C=O) groups is 1. The molecular weight excluding hydrogens is 337 g/mol. The SMILES string of the molecule is CCC1CNCC1Cc1cc(O)c(N2CC(=O)NS2(=O)=O)c(F)c1. The van der Waals surface area contributed by atoms with Gasteiger partial charge in [-0.05, 0) is 49.0 Å². The summed E-state index contributed by atoms with van der Waals surface area (Å²) < 4.78 is 40.4. The van der Waals surface area contributed by atoms with Crippen LogP contribution in [0.25, 0.3) is 0 Å². The summed E-state index contributed by atoms with van der Waals surface area (Å²) in [4.78, 5) is 11.3. The second-order valence-corrected chi connectivity index (χ2v) is 7.87. The molecule has 2 aliphatic rings. The third-order valence-electron chi connectivity index (χ3n) is 4.67. The molecule has 2 heterocycles. The van der Waals surface area contributed by atoms with Crippen LogP contribution in [0, 0.1) is 17.7 Å². The van der Waals surface area contributed by atoms with Crippen LogP contribution in [-0.4, -0.2) is 39.1 Å². The summed E-state index contributed by atoms with van der Waals surface area (Å²) in [5.74, 6) is -1.26. The van der Waals surface area contributed by atoms with E-state index >= 15 is 0 Å². The molecule has 0 saturated carbocycles. The summed E-state index contributed by atoms with van der Waals surface area (Å²) in [6.45, 7) is 3.32. The number of benzene rings is 1. The van der Waals surface area contributed by atoms with E-state index in [4.69, 9.17) is 0 Å². The Labute approximate surface area is 140 Å². The Balaban J connectivity index is 1.88. The summed E-state index contributed by atoms with van der Waals surface area (Å²) in [6, 6.07) is 2.61. The van der Waals surface area contributed by atoms with E-state index in [1.165, 1.54) is 12.1 Å². The van der Waals surface area contributed by atoms with E-state index in [-0.39, 0.29) is 0 Å². The molecule has 1 aromatic rings. The van der Waals surface area contributed by atoms with Crippen LogP contribution in [-0.2, 0) is 21.4 Å². The van der Waals surface area contributed by atoms with Gasteiger partial charge in [0.05, 0.1) is 0 Å². The molecule has 2 atom stereocenters. The molecule has 2 fully saturated rings. The van der Waals surface area contributed by atoms with E-state index in [1.54, 1.807) is 4.72 Å². The topological polar surface area (TPSA) is 98.7 Å². The maximum Gasteiger partial charge on any atom is 0.326 e. The first-order chi connectivity index (χ1) is 11.3. The van der Waals surface area contributed by atoms with Gasteiger partial charge in [0.15, 0.2) is 5.82 Å². The number of phenols is 1. The molecule has 0 spiro atoms. The molecule has 2 saturated heterocycles. The molecule has 24 heavy (non-hydrogen) atoms. The summed E-state index contributed by atoms with van der Waals surface area (Å²) in [5, 5.41) is 13.5. The van der Waals surface area contributed by atoms with Crippen molar-refractivity contribution in [2.75, 3.05) is 23.9 Å². The van der Waals surface area contributed by atoms with Gasteiger partial charge in [-0.15, -0.1) is 0 Å². The van der Waals surface area contributed by atoms with Gasteiger partial charge in [-0.25, -0.2) is 13.4 Å². The lowest BCUT2D eigenvalue weighted by molar-refractivity contribution is -0.117. The minimum Gasteiger partial charge on any atom is -0.506 e. The molecule has 1 amide bonds. The van der Waals surface area contributed by atoms with Crippen molar-refractivity contribution in [2.45, 2.75) is 19.8 Å². The highest BCUT2D eigenvalue weighted by atomic mass is 32.2. The van der Waals surface area contributed by atoms with Crippen molar-refractivity contribution in [3.05, 3.63) is 23.5 Å². The van der Waals surface area contributed by atoms with Crippen molar-refractivity contribution in [3.8, 4) is 5.75 Å². The van der Waals surface area contributed by atoms with Gasteiger partial charge < -0.3 is 10.4 Å². The van der Waals surface area contributed by atoms with Gasteiger partial charge in [0.25, 0.3) is 5.91 Å². The maximum absolute atomic E-state index is 14.5. The van der Waals surface area contributed by atoms with E-state index in [9.17, 15) is 22.7 Å². The monoisotopic (exact) mass is 357 g/mol. The first kappa shape index (κ1) is 17.0. The Morgan fingerprint density at radius 2 is 2.04 bits per heavy atom. The van der Waals surface area contributed by atoms with Crippen molar-refractivity contribution in [2.24, 2.45) is 11.8 Å². The molecule has 0 aromatic heterocycles. The Hall–Kier alpha value is -1.87. The minimum atomic E-state index is -4.16. The maximum atomic E-state index is 14.5. The van der Waals surface area contributed by atoms with Crippen LogP contribution in [0.3, 0.4) is 0 Å². The van der Waals surface area contributed by atoms with Gasteiger partial charge in [0.2, 0.25) is 0 Å². The highest BCUT2D eigenvalue weighted by Crippen LogP contribution is 2.36. The Kier molecular flexibility index (Phi) is 4.39. The second kappa shape index (κ2) is 6.21. The average molecular weight is 357 g/mol. The molecule has 0 bridgehead atoms. The Bertz CT molecular complexity index is 745. The average Bonchev–Trinajstić information content (AvgIpc) is 3.02. The van der Waals surface area contributed by atoms with Gasteiger partial charge in [-0.2, -0.15) is 8.42 Å². The standard InChI is InChI=1S/C15H20FN3O4S/c1-2-10-6-17-7-11(10)3-9-4-12(16)15(13(20)5-9)19-8-14(21)18-24(19,22)23/h4-5,10-11,17,20H,2-3,6-8H2,1H3,(H,18,21). The number of aromatic hydroxyl groups is 1. The van der Waals surface area contributed by atoms with E-state index in [0.29, 0.717) is 28.1 Å². The third-order valence-corrected chi connectivity index (χ3v) is 6.05. The zero-order valence-electron chi connectivity index (χ0n) is 13.3. The first-order valence-corrected chi connectivity index (χ1v) is 9.31. The number of hydrogen-bond donors (Lipinski definition) is 3. The summed E-state index contributed by atoms with van der Waals surface area (Å²) in [6.07, 6.45) is 1.62. The number of halogens is 1. The fourth-order valence-electron chi connectivity index (χ4n) is 3.46. The lowest BCUT2D eigenvalue weighted by Crippen LogP contribution is -2.30. The van der Waals surface area contributed by atoms with E-state index < -0.39 is 39.9 Å². The molecule has 2 aliphatic heterocycles. The number of carbonyl (C=O) groups excluding carboxylic acids is 1. The van der Waals surface area contributed by atoms with Crippen LogP contribution in [0.1, 0.15) is 18.9 Å². The van der Waals surface area contributed by atoms with Crippen molar-refractivity contribution < 1.29 is 22.7 Å². The summed E-state index contributed by atoms with van der Waals surface area (Å²) in [7, 11) is -4.16. The van der Waals surface area contributed by atoms with Crippen LogP contribution in [0.2, 0.25) is 0 Å². The Morgan fingerprint density at radius 1 is 1.33 bits per heavy atom. The number of nitrogens with one attached hydrogen (secondary N) is 2. The van der Waals surface area contributed by atoms with Gasteiger partial charge in [0.1, 0.15) is 18.0 Å². The fraction of sp³-hybridized carbons (Fsp3) is 0.533. The molecule has 3 N–H and O–H groups in total. The van der Waals surface area contributed by atoms with Crippen LogP contribution in [0.5, 0.6) is 5.75 Å². The van der Waals surface area contributed by atoms with Gasteiger partial charge in [-0.1, -0.05) is 13.3 Å². The number of amides is 1. The highest BCUT2D eigenvalue weighted by Gasteiger charge is 2.37. The lowest BCUT2D eigenvalue weighted by atomic mass is 9.88. The quantitative estimate of drug-likeness (QED) is 0.729. The zero-order valence-corrected chi connectivity index (χ0v) is 14.1. The van der Waals surface area contributed by atoms with Crippen LogP contribution in [0.15, 0.2) is 12.1 Å². The fourth-order valence-corrected chi connectivity index (χ4v) is 4.63. The largest absolute Gasteiger partial charge is 0.506 e. The van der Waals surface area contributed by atoms with Crippen molar-refractivity contribution >= 4 is 21.8 Å². The highest BCUT2D eigenvalue weighted by molar-refractivity contribution is 7.92. The number of nitrogens with zero attached hydrogens (tertiary/aromatic N) is 1. The molecule has 0 radical (unpaired) electrons. The zero-order chi connectivity index (χ0) is 17.5. The molecular formula is C15H20FN3O4S. The van der Waals surface area contributed by atoms with E-state index in [1.807, 2.05) is 0 Å². The van der Waals surface area contributed by atoms with Crippen LogP contribution in [0.4, 0.5) is 10.1 Å². The van der Waals surface area contributed by atoms with Crippen molar-refractivity contribution in [3.63, 3.8) is 0 Å². The predicted octanol–water partition coefficient (Wildman–Crippen LogP) is 0.500.